The van der Waals surface area contributed by atoms with Gasteiger partial charge in [-0.1, -0.05) is 29.8 Å². The summed E-state index contributed by atoms with van der Waals surface area (Å²) in [5, 5.41) is 8.88. The first-order chi connectivity index (χ1) is 12.2. The summed E-state index contributed by atoms with van der Waals surface area (Å²) in [4.78, 5) is 4.79. The predicted molar refractivity (Wildman–Crippen MR) is 103 cm³/mol. The van der Waals surface area contributed by atoms with Gasteiger partial charge in [0, 0.05) is 16.2 Å². The van der Waals surface area contributed by atoms with E-state index in [2.05, 4.69) is 49.4 Å². The topological polar surface area (TPSA) is 32.7 Å². The minimum Gasteiger partial charge on any atom is -0.325 e. The van der Waals surface area contributed by atoms with Crippen molar-refractivity contribution in [2.75, 3.05) is 38.5 Å². The number of piperazine rings is 1. The maximum Gasteiger partial charge on any atom is 0.127 e. The van der Waals surface area contributed by atoms with Crippen molar-refractivity contribution in [2.24, 2.45) is 0 Å². The molecule has 2 N–H and O–H groups in total. The van der Waals surface area contributed by atoms with E-state index < -0.39 is 0 Å². The van der Waals surface area contributed by atoms with Gasteiger partial charge in [-0.15, -0.1) is 11.8 Å². The summed E-state index contributed by atoms with van der Waals surface area (Å²) < 4.78 is 0. The van der Waals surface area contributed by atoms with Gasteiger partial charge in [-0.3, -0.25) is 0 Å². The number of benzene rings is 2. The second kappa shape index (κ2) is 9.05. The lowest BCUT2D eigenvalue weighted by Crippen LogP contribution is -3.27. The van der Waals surface area contributed by atoms with Crippen LogP contribution in [0.2, 0.25) is 0 Å². The molecule has 130 valence electrons. The first-order valence-corrected chi connectivity index (χ1v) is 10.1. The van der Waals surface area contributed by atoms with E-state index in [4.69, 9.17) is 5.26 Å². The molecular weight excluding hydrogens is 326 g/mol. The van der Waals surface area contributed by atoms with E-state index in [-0.39, 0.29) is 0 Å². The van der Waals surface area contributed by atoms with E-state index in [0.717, 1.165) is 12.1 Å². The number of aryl methyl sites for hydroxylation is 1. The quantitative estimate of drug-likeness (QED) is 0.758. The largest absolute Gasteiger partial charge is 0.325 e. The lowest BCUT2D eigenvalue weighted by atomic mass is 10.1. The fourth-order valence-corrected chi connectivity index (χ4v) is 4.27. The zero-order valence-electron chi connectivity index (χ0n) is 14.9. The first-order valence-electron chi connectivity index (χ1n) is 9.08. The van der Waals surface area contributed by atoms with Gasteiger partial charge in [0.05, 0.1) is 18.2 Å². The minimum absolute atomic E-state index is 0.749. The Morgan fingerprint density at radius 2 is 1.56 bits per heavy atom. The van der Waals surface area contributed by atoms with Gasteiger partial charge in [0.1, 0.15) is 32.7 Å². The van der Waals surface area contributed by atoms with Crippen molar-refractivity contribution >= 4 is 11.8 Å². The van der Waals surface area contributed by atoms with Crippen LogP contribution in [-0.4, -0.2) is 38.5 Å². The zero-order valence-corrected chi connectivity index (χ0v) is 15.7. The zero-order chi connectivity index (χ0) is 17.5. The molecule has 25 heavy (non-hydrogen) atoms. The Kier molecular flexibility index (Phi) is 6.52. The molecule has 0 radical (unpaired) electrons. The molecule has 2 aromatic carbocycles. The molecule has 1 fully saturated rings. The molecule has 1 heterocycles. The number of nitrogens with zero attached hydrogens (tertiary/aromatic N) is 1. The molecule has 1 aliphatic rings. The van der Waals surface area contributed by atoms with Gasteiger partial charge in [-0.25, -0.2) is 0 Å². The van der Waals surface area contributed by atoms with E-state index in [1.807, 2.05) is 23.9 Å². The Morgan fingerprint density at radius 1 is 0.920 bits per heavy atom. The van der Waals surface area contributed by atoms with E-state index in [1.54, 1.807) is 9.80 Å². The lowest BCUT2D eigenvalue weighted by Gasteiger charge is -2.29. The molecule has 3 rings (SSSR count). The smallest absolute Gasteiger partial charge is 0.127 e. The van der Waals surface area contributed by atoms with Gasteiger partial charge in [0.2, 0.25) is 0 Å². The maximum absolute atomic E-state index is 8.88. The Morgan fingerprint density at radius 3 is 2.20 bits per heavy atom. The molecule has 4 heteroatoms. The van der Waals surface area contributed by atoms with Crippen LogP contribution in [0.3, 0.4) is 0 Å². The van der Waals surface area contributed by atoms with E-state index >= 15 is 0 Å². The molecule has 0 aromatic heterocycles. The summed E-state index contributed by atoms with van der Waals surface area (Å²) in [6.45, 7) is 9.48. The average Bonchev–Trinajstić information content (AvgIpc) is 2.65. The Bertz CT molecular complexity index is 695. The number of nitriles is 1. The molecule has 0 amide bonds. The molecular formula is C21H27N3S+2. The highest BCUT2D eigenvalue weighted by Crippen LogP contribution is 2.17. The monoisotopic (exact) mass is 353 g/mol. The summed E-state index contributed by atoms with van der Waals surface area (Å²) >= 11 is 1.98. The summed E-state index contributed by atoms with van der Waals surface area (Å²) in [7, 11) is 0. The molecule has 3 nitrogen and oxygen atoms in total. The van der Waals surface area contributed by atoms with Crippen molar-refractivity contribution in [3.05, 3.63) is 65.2 Å². The molecule has 0 bridgehead atoms. The van der Waals surface area contributed by atoms with Crippen molar-refractivity contribution in [1.82, 2.24) is 0 Å². The van der Waals surface area contributed by atoms with Gasteiger partial charge in [-0.2, -0.15) is 5.26 Å². The van der Waals surface area contributed by atoms with E-state index in [0.29, 0.717) is 0 Å². The van der Waals surface area contributed by atoms with Crippen molar-refractivity contribution in [2.45, 2.75) is 18.4 Å². The molecule has 1 saturated heterocycles. The van der Waals surface area contributed by atoms with Gasteiger partial charge >= 0.3 is 0 Å². The summed E-state index contributed by atoms with van der Waals surface area (Å²) in [6, 6.07) is 19.1. The van der Waals surface area contributed by atoms with Gasteiger partial charge in [0.15, 0.2) is 0 Å². The van der Waals surface area contributed by atoms with Crippen molar-refractivity contribution < 1.29 is 9.80 Å². The van der Waals surface area contributed by atoms with Crippen LogP contribution in [0.15, 0.2) is 53.4 Å². The molecule has 1 aliphatic heterocycles. The number of thioether (sulfide) groups is 1. The first kappa shape index (κ1) is 18.0. The Balaban J connectivity index is 1.36. The highest BCUT2D eigenvalue weighted by atomic mass is 32.2. The third kappa shape index (κ3) is 5.61. The number of quaternary nitrogens is 2. The number of hydrogen-bond donors (Lipinski definition) is 2. The molecule has 0 atom stereocenters. The second-order valence-electron chi connectivity index (χ2n) is 6.90. The molecule has 2 aromatic rings. The van der Waals surface area contributed by atoms with E-state index in [1.165, 1.54) is 54.5 Å². The summed E-state index contributed by atoms with van der Waals surface area (Å²) in [5.74, 6) is 1.20. The summed E-state index contributed by atoms with van der Waals surface area (Å²) in [6.07, 6.45) is 0. The van der Waals surface area contributed by atoms with Crippen molar-refractivity contribution in [3.8, 4) is 6.07 Å². The minimum atomic E-state index is 0.749. The van der Waals surface area contributed by atoms with Gasteiger partial charge in [0.25, 0.3) is 0 Å². The standard InChI is InChI=1S/C21H25N3S/c1-18-2-8-21(9-3-18)25-15-14-23-10-12-24(13-11-23)17-20-6-4-19(16-22)5-7-20/h2-9H,10-15,17H2,1H3/p+2. The Labute approximate surface area is 155 Å². The van der Waals surface area contributed by atoms with Crippen LogP contribution < -0.4 is 9.80 Å². The van der Waals surface area contributed by atoms with Crippen LogP contribution in [0.5, 0.6) is 0 Å². The SMILES string of the molecule is Cc1ccc(SCC[NH+]2CC[NH+](Cc3ccc(C#N)cc3)CC2)cc1. The van der Waals surface area contributed by atoms with Crippen LogP contribution in [0.4, 0.5) is 0 Å². The maximum atomic E-state index is 8.88. The molecule has 0 unspecified atom stereocenters. The second-order valence-corrected chi connectivity index (χ2v) is 8.07. The molecule has 0 saturated carbocycles. The highest BCUT2D eigenvalue weighted by molar-refractivity contribution is 7.99. The third-order valence-electron chi connectivity index (χ3n) is 4.95. The Hall–Kier alpha value is -1.80. The average molecular weight is 354 g/mol. The summed E-state index contributed by atoms with van der Waals surface area (Å²) in [5.41, 5.74) is 3.42. The third-order valence-corrected chi connectivity index (χ3v) is 5.96. The van der Waals surface area contributed by atoms with Gasteiger partial charge in [-0.05, 0) is 31.2 Å². The lowest BCUT2D eigenvalue weighted by molar-refractivity contribution is -1.02. The number of rotatable bonds is 6. The van der Waals surface area contributed by atoms with E-state index in [9.17, 15) is 0 Å². The fourth-order valence-electron chi connectivity index (χ4n) is 3.32. The highest BCUT2D eigenvalue weighted by Gasteiger charge is 2.22. The molecule has 0 aliphatic carbocycles. The van der Waals surface area contributed by atoms with Gasteiger partial charge < -0.3 is 9.80 Å². The van der Waals surface area contributed by atoms with Crippen LogP contribution in [0, 0.1) is 18.3 Å². The van der Waals surface area contributed by atoms with Crippen LogP contribution in [0.25, 0.3) is 0 Å². The van der Waals surface area contributed by atoms with Crippen LogP contribution in [-0.2, 0) is 6.54 Å². The number of nitrogens with one attached hydrogen (secondary N) is 2. The molecule has 0 spiro atoms. The van der Waals surface area contributed by atoms with Crippen molar-refractivity contribution in [3.63, 3.8) is 0 Å². The van der Waals surface area contributed by atoms with Crippen molar-refractivity contribution in [1.29, 1.82) is 5.26 Å². The van der Waals surface area contributed by atoms with Crippen LogP contribution >= 0.6 is 11.8 Å². The van der Waals surface area contributed by atoms with Crippen LogP contribution in [0.1, 0.15) is 16.7 Å². The normalized spacial score (nSPS) is 20.2. The number of hydrogen-bond acceptors (Lipinski definition) is 2. The fraction of sp³-hybridized carbons (Fsp3) is 0.381. The predicted octanol–water partition coefficient (Wildman–Crippen LogP) is 0.942.